The van der Waals surface area contributed by atoms with Crippen LogP contribution < -0.4 is 5.32 Å². The van der Waals surface area contributed by atoms with E-state index in [0.717, 1.165) is 4.90 Å². The predicted molar refractivity (Wildman–Crippen MR) is 78.1 cm³/mol. The number of aromatic nitrogens is 1. The molecule has 0 radical (unpaired) electrons. The number of likely N-dealkylation sites (tertiary alicyclic amines) is 1. The molecule has 1 N–H and O–H groups in total. The van der Waals surface area contributed by atoms with Gasteiger partial charge in [0.1, 0.15) is 6.54 Å². The van der Waals surface area contributed by atoms with Gasteiger partial charge in [-0.25, -0.2) is 0 Å². The second-order valence-electron chi connectivity index (χ2n) is 5.84. The first-order valence-electron chi connectivity index (χ1n) is 7.40. The molecule has 0 aliphatic carbocycles. The van der Waals surface area contributed by atoms with E-state index in [1.54, 1.807) is 13.8 Å². The average Bonchev–Trinajstić information content (AvgIpc) is 3.03. The van der Waals surface area contributed by atoms with Crippen molar-refractivity contribution in [1.29, 1.82) is 0 Å². The first kappa shape index (κ1) is 18.2. The summed E-state index contributed by atoms with van der Waals surface area (Å²) in [5.74, 6) is -0.880. The van der Waals surface area contributed by atoms with E-state index in [4.69, 9.17) is 4.52 Å². The molecule has 1 saturated heterocycles. The second-order valence-corrected chi connectivity index (χ2v) is 5.84. The average molecular weight is 348 g/mol. The van der Waals surface area contributed by atoms with Crippen molar-refractivity contribution >= 4 is 17.7 Å². The number of alkyl halides is 3. The molecule has 2 heterocycles. The Morgan fingerprint density at radius 1 is 1.58 bits per heavy atom. The van der Waals surface area contributed by atoms with Crippen molar-refractivity contribution in [3.05, 3.63) is 11.8 Å². The van der Waals surface area contributed by atoms with Crippen LogP contribution in [0.1, 0.15) is 19.0 Å². The van der Waals surface area contributed by atoms with Crippen molar-refractivity contribution in [2.24, 2.45) is 0 Å². The summed E-state index contributed by atoms with van der Waals surface area (Å²) in [6, 6.07) is 0.0518. The van der Waals surface area contributed by atoms with Gasteiger partial charge in [0.25, 0.3) is 0 Å². The molecule has 24 heavy (non-hydrogen) atoms. The molecule has 10 heteroatoms. The van der Waals surface area contributed by atoms with Crippen LogP contribution in [-0.4, -0.2) is 65.2 Å². The van der Waals surface area contributed by atoms with Crippen molar-refractivity contribution in [2.75, 3.05) is 25.5 Å². The molecule has 2 rings (SSSR count). The number of hydrogen-bond donors (Lipinski definition) is 1. The molecule has 0 bridgehead atoms. The molecule has 1 aromatic rings. The van der Waals surface area contributed by atoms with E-state index in [1.165, 1.54) is 18.0 Å². The monoisotopic (exact) mass is 348 g/mol. The van der Waals surface area contributed by atoms with Gasteiger partial charge in [0.05, 0.1) is 17.8 Å². The van der Waals surface area contributed by atoms with Gasteiger partial charge in [0.2, 0.25) is 17.7 Å². The predicted octanol–water partition coefficient (Wildman–Crippen LogP) is 1.41. The highest BCUT2D eigenvalue weighted by Crippen LogP contribution is 2.24. The first-order valence-corrected chi connectivity index (χ1v) is 7.40. The summed E-state index contributed by atoms with van der Waals surface area (Å²) in [6.07, 6.45) is -4.19. The third-order valence-electron chi connectivity index (χ3n) is 4.00. The Morgan fingerprint density at radius 2 is 2.25 bits per heavy atom. The molecule has 0 spiro atoms. The zero-order chi connectivity index (χ0) is 18.1. The SMILES string of the molecule is Cc1cc(NC(=O)[C@@H](C)N(C)[C@@H]2CCN(CC(F)(F)F)C2=O)on1. The number of carbonyl (C=O) groups excluding carboxylic acids is 2. The zero-order valence-corrected chi connectivity index (χ0v) is 13.6. The van der Waals surface area contributed by atoms with Gasteiger partial charge < -0.3 is 9.42 Å². The van der Waals surface area contributed by atoms with Crippen LogP contribution in [0.25, 0.3) is 0 Å². The zero-order valence-electron chi connectivity index (χ0n) is 13.6. The number of anilines is 1. The van der Waals surface area contributed by atoms with E-state index >= 15 is 0 Å². The van der Waals surface area contributed by atoms with Gasteiger partial charge in [-0.1, -0.05) is 5.16 Å². The molecule has 0 saturated carbocycles. The van der Waals surface area contributed by atoms with Gasteiger partial charge in [-0.2, -0.15) is 13.2 Å². The van der Waals surface area contributed by atoms with Crippen LogP contribution in [0, 0.1) is 6.92 Å². The van der Waals surface area contributed by atoms with Crippen LogP contribution in [0.5, 0.6) is 0 Å². The van der Waals surface area contributed by atoms with E-state index in [0.29, 0.717) is 5.69 Å². The lowest BCUT2D eigenvalue weighted by atomic mass is 10.1. The van der Waals surface area contributed by atoms with Crippen LogP contribution >= 0.6 is 0 Å². The summed E-state index contributed by atoms with van der Waals surface area (Å²) in [5, 5.41) is 6.15. The molecule has 7 nitrogen and oxygen atoms in total. The number of nitrogens with zero attached hydrogens (tertiary/aromatic N) is 3. The number of rotatable bonds is 5. The standard InChI is InChI=1S/C14H19F3N4O3/c1-8-6-11(24-19-8)18-12(22)9(2)20(3)10-4-5-21(13(10)23)7-14(15,16)17/h6,9-10H,4-5,7H2,1-3H3,(H,18,22)/t9-,10-/m1/s1. The minimum absolute atomic E-state index is 0.0169. The smallest absolute Gasteiger partial charge is 0.338 e. The Morgan fingerprint density at radius 3 is 2.79 bits per heavy atom. The van der Waals surface area contributed by atoms with Crippen LogP contribution in [0.15, 0.2) is 10.6 Å². The van der Waals surface area contributed by atoms with Crippen LogP contribution in [0.3, 0.4) is 0 Å². The van der Waals surface area contributed by atoms with Gasteiger partial charge >= 0.3 is 6.18 Å². The van der Waals surface area contributed by atoms with Crippen molar-refractivity contribution in [3.63, 3.8) is 0 Å². The Balaban J connectivity index is 1.96. The lowest BCUT2D eigenvalue weighted by Crippen LogP contribution is -2.49. The van der Waals surface area contributed by atoms with Gasteiger partial charge in [0.15, 0.2) is 0 Å². The summed E-state index contributed by atoms with van der Waals surface area (Å²) in [5.41, 5.74) is 0.597. The maximum Gasteiger partial charge on any atom is 0.406 e. The topological polar surface area (TPSA) is 78.7 Å². The van der Waals surface area contributed by atoms with Gasteiger partial charge in [-0.15, -0.1) is 0 Å². The van der Waals surface area contributed by atoms with E-state index in [1.807, 2.05) is 0 Å². The Bertz CT molecular complexity index is 617. The van der Waals surface area contributed by atoms with E-state index in [-0.39, 0.29) is 18.8 Å². The number of aryl methyl sites for hydroxylation is 1. The van der Waals surface area contributed by atoms with E-state index in [2.05, 4.69) is 10.5 Å². The van der Waals surface area contributed by atoms with E-state index in [9.17, 15) is 22.8 Å². The first-order chi connectivity index (χ1) is 11.1. The highest BCUT2D eigenvalue weighted by Gasteiger charge is 2.42. The molecule has 0 aromatic carbocycles. The number of carbonyl (C=O) groups is 2. The van der Waals surface area contributed by atoms with Crippen molar-refractivity contribution < 1.29 is 27.3 Å². The lowest BCUT2D eigenvalue weighted by molar-refractivity contribution is -0.159. The number of likely N-dealkylation sites (N-methyl/N-ethyl adjacent to an activating group) is 1. The number of amides is 2. The molecule has 2 amide bonds. The minimum Gasteiger partial charge on any atom is -0.338 e. The Hall–Kier alpha value is -2.10. The molecule has 134 valence electrons. The second kappa shape index (κ2) is 6.80. The molecule has 0 unspecified atom stereocenters. The fourth-order valence-corrected chi connectivity index (χ4v) is 2.58. The summed E-state index contributed by atoms with van der Waals surface area (Å²) < 4.78 is 42.2. The molecule has 1 aliphatic rings. The molecular weight excluding hydrogens is 329 g/mol. The highest BCUT2D eigenvalue weighted by molar-refractivity contribution is 5.94. The van der Waals surface area contributed by atoms with Crippen LogP contribution in [0.2, 0.25) is 0 Å². The minimum atomic E-state index is -4.43. The van der Waals surface area contributed by atoms with Crippen molar-refractivity contribution in [3.8, 4) is 0 Å². The largest absolute Gasteiger partial charge is 0.406 e. The summed E-state index contributed by atoms with van der Waals surface area (Å²) in [6.45, 7) is 2.01. The summed E-state index contributed by atoms with van der Waals surface area (Å²) in [7, 11) is 1.54. The highest BCUT2D eigenvalue weighted by atomic mass is 19.4. The maximum absolute atomic E-state index is 12.5. The summed E-state index contributed by atoms with van der Waals surface area (Å²) >= 11 is 0. The maximum atomic E-state index is 12.5. The van der Waals surface area contributed by atoms with Gasteiger partial charge in [-0.3, -0.25) is 19.8 Å². The number of nitrogens with one attached hydrogen (secondary N) is 1. The molecule has 1 aromatic heterocycles. The Labute approximate surface area is 136 Å². The fraction of sp³-hybridized carbons (Fsp3) is 0.643. The lowest BCUT2D eigenvalue weighted by Gasteiger charge is -2.28. The van der Waals surface area contributed by atoms with Crippen LogP contribution in [0.4, 0.5) is 19.1 Å². The van der Waals surface area contributed by atoms with Gasteiger partial charge in [0, 0.05) is 12.6 Å². The number of hydrogen-bond acceptors (Lipinski definition) is 5. The van der Waals surface area contributed by atoms with Crippen molar-refractivity contribution in [2.45, 2.75) is 38.5 Å². The molecule has 1 fully saturated rings. The normalized spacial score (nSPS) is 19.9. The quantitative estimate of drug-likeness (QED) is 0.870. The fourth-order valence-electron chi connectivity index (χ4n) is 2.58. The third-order valence-corrected chi connectivity index (χ3v) is 4.00. The van der Waals surface area contributed by atoms with Gasteiger partial charge in [-0.05, 0) is 27.3 Å². The third kappa shape index (κ3) is 4.25. The number of halogens is 3. The summed E-state index contributed by atoms with van der Waals surface area (Å²) in [4.78, 5) is 26.6. The molecular formula is C14H19F3N4O3. The van der Waals surface area contributed by atoms with Crippen molar-refractivity contribution in [1.82, 2.24) is 15.0 Å². The van der Waals surface area contributed by atoms with Crippen LogP contribution in [-0.2, 0) is 9.59 Å². The molecule has 1 aliphatic heterocycles. The Kier molecular flexibility index (Phi) is 5.16. The molecule has 2 atom stereocenters. The van der Waals surface area contributed by atoms with E-state index < -0.39 is 36.6 Å².